The predicted molar refractivity (Wildman–Crippen MR) is 133 cm³/mol. The molecule has 8 nitrogen and oxygen atoms in total. The SMILES string of the molecule is O=C1N(Cc2ccc(N3CC4CCC(C3)O4)nc2)CCN1CC(O)CN1CCc2ccccc2C1. The Hall–Kier alpha value is -2.68. The summed E-state index contributed by atoms with van der Waals surface area (Å²) in [6.45, 7) is 6.49. The van der Waals surface area contributed by atoms with E-state index in [-0.39, 0.29) is 6.03 Å². The molecule has 0 aliphatic carbocycles. The highest BCUT2D eigenvalue weighted by Gasteiger charge is 2.34. The number of benzene rings is 1. The van der Waals surface area contributed by atoms with E-state index in [9.17, 15) is 9.90 Å². The molecule has 2 aromatic rings. The van der Waals surface area contributed by atoms with Gasteiger partial charge in [0.15, 0.2) is 0 Å². The van der Waals surface area contributed by atoms with Crippen LogP contribution in [-0.2, 0) is 24.2 Å². The lowest BCUT2D eigenvalue weighted by atomic mass is 10.00. The summed E-state index contributed by atoms with van der Waals surface area (Å²) in [5, 5.41) is 10.7. The number of morpholine rings is 1. The van der Waals surface area contributed by atoms with Crippen molar-refractivity contribution in [3.63, 3.8) is 0 Å². The number of hydrogen-bond donors (Lipinski definition) is 1. The van der Waals surface area contributed by atoms with Crippen LogP contribution in [0.5, 0.6) is 0 Å². The number of aliphatic hydroxyl groups is 1. The van der Waals surface area contributed by atoms with E-state index in [0.29, 0.717) is 44.9 Å². The van der Waals surface area contributed by atoms with Gasteiger partial charge in [-0.25, -0.2) is 9.78 Å². The summed E-state index contributed by atoms with van der Waals surface area (Å²) in [7, 11) is 0. The van der Waals surface area contributed by atoms with Gasteiger partial charge in [0.1, 0.15) is 5.82 Å². The zero-order chi connectivity index (χ0) is 23.8. The number of pyridine rings is 1. The Morgan fingerprint density at radius 1 is 0.971 bits per heavy atom. The summed E-state index contributed by atoms with van der Waals surface area (Å²) in [5.74, 6) is 0.992. The average molecular weight is 478 g/mol. The minimum atomic E-state index is -0.547. The number of hydrogen-bond acceptors (Lipinski definition) is 6. The molecule has 3 atom stereocenters. The largest absolute Gasteiger partial charge is 0.390 e. The highest BCUT2D eigenvalue weighted by atomic mass is 16.5. The molecule has 3 unspecified atom stereocenters. The number of ether oxygens (including phenoxy) is 1. The van der Waals surface area contributed by atoms with E-state index in [1.165, 1.54) is 11.1 Å². The molecule has 4 aliphatic heterocycles. The fourth-order valence-electron chi connectivity index (χ4n) is 5.99. The van der Waals surface area contributed by atoms with Gasteiger partial charge >= 0.3 is 6.03 Å². The summed E-state index contributed by atoms with van der Waals surface area (Å²) in [6, 6.07) is 12.7. The second-order valence-electron chi connectivity index (χ2n) is 10.4. The lowest BCUT2D eigenvalue weighted by Crippen LogP contribution is -2.43. The first-order chi connectivity index (χ1) is 17.1. The normalized spacial score (nSPS) is 25.3. The standard InChI is InChI=1S/C27H35N5O3/c33-23(16-29-10-9-21-3-1-2-4-22(21)15-29)17-31-12-11-30(27(31)34)14-20-5-8-26(28-13-20)32-18-24-6-7-25(19-32)35-24/h1-5,8,13,23-25,33H,6-7,9-12,14-19H2. The summed E-state index contributed by atoms with van der Waals surface area (Å²) < 4.78 is 5.93. The van der Waals surface area contributed by atoms with Gasteiger partial charge in [-0.15, -0.1) is 0 Å². The van der Waals surface area contributed by atoms with E-state index in [1.54, 1.807) is 4.90 Å². The van der Waals surface area contributed by atoms with Crippen molar-refractivity contribution in [2.45, 2.75) is 50.7 Å². The topological polar surface area (TPSA) is 72.4 Å². The van der Waals surface area contributed by atoms with Crippen LogP contribution >= 0.6 is 0 Å². The van der Waals surface area contributed by atoms with Crippen LogP contribution in [-0.4, -0.2) is 94.9 Å². The predicted octanol–water partition coefficient (Wildman–Crippen LogP) is 2.11. The Kier molecular flexibility index (Phi) is 6.35. The molecular formula is C27H35N5O3. The summed E-state index contributed by atoms with van der Waals surface area (Å²) in [5.41, 5.74) is 3.78. The molecule has 3 saturated heterocycles. The van der Waals surface area contributed by atoms with Crippen molar-refractivity contribution in [1.29, 1.82) is 0 Å². The monoisotopic (exact) mass is 477 g/mol. The maximum absolute atomic E-state index is 13.0. The van der Waals surface area contributed by atoms with Gasteiger partial charge in [-0.1, -0.05) is 30.3 Å². The van der Waals surface area contributed by atoms with E-state index in [0.717, 1.165) is 56.8 Å². The number of fused-ring (bicyclic) bond motifs is 3. The van der Waals surface area contributed by atoms with Crippen LogP contribution in [0, 0.1) is 0 Å². The first-order valence-corrected chi connectivity index (χ1v) is 13.0. The lowest BCUT2D eigenvalue weighted by Gasteiger charge is -2.33. The molecular weight excluding hydrogens is 442 g/mol. The van der Waals surface area contributed by atoms with Gasteiger partial charge in [0.2, 0.25) is 0 Å². The van der Waals surface area contributed by atoms with Gasteiger partial charge in [-0.05, 0) is 42.0 Å². The third-order valence-electron chi connectivity index (χ3n) is 7.84. The third-order valence-corrected chi connectivity index (χ3v) is 7.84. The molecule has 0 saturated carbocycles. The van der Waals surface area contributed by atoms with Gasteiger partial charge in [-0.3, -0.25) is 4.90 Å². The van der Waals surface area contributed by atoms with Crippen LogP contribution in [0.2, 0.25) is 0 Å². The molecule has 8 heteroatoms. The van der Waals surface area contributed by atoms with Gasteiger partial charge in [-0.2, -0.15) is 0 Å². The lowest BCUT2D eigenvalue weighted by molar-refractivity contribution is 0.0302. The Morgan fingerprint density at radius 3 is 2.51 bits per heavy atom. The number of aliphatic hydroxyl groups excluding tert-OH is 1. The Balaban J connectivity index is 0.987. The molecule has 1 N–H and O–H groups in total. The Morgan fingerprint density at radius 2 is 1.74 bits per heavy atom. The number of anilines is 1. The molecule has 186 valence electrons. The van der Waals surface area contributed by atoms with Crippen molar-refractivity contribution in [3.05, 3.63) is 59.3 Å². The van der Waals surface area contributed by atoms with Crippen LogP contribution in [0.3, 0.4) is 0 Å². The summed E-state index contributed by atoms with van der Waals surface area (Å²) in [4.78, 5) is 25.9. The van der Waals surface area contributed by atoms with Crippen LogP contribution in [0.4, 0.5) is 10.6 Å². The third kappa shape index (κ3) is 5.01. The zero-order valence-electron chi connectivity index (χ0n) is 20.3. The number of carbonyl (C=O) groups excluding carboxylic acids is 1. The zero-order valence-corrected chi connectivity index (χ0v) is 20.3. The van der Waals surface area contributed by atoms with Gasteiger partial charge in [0, 0.05) is 65.1 Å². The molecule has 1 aromatic carbocycles. The van der Waals surface area contributed by atoms with Crippen LogP contribution in [0.15, 0.2) is 42.6 Å². The van der Waals surface area contributed by atoms with Crippen LogP contribution in [0.1, 0.15) is 29.5 Å². The number of rotatable bonds is 7. The molecule has 4 aliphatic rings. The second-order valence-corrected chi connectivity index (χ2v) is 10.4. The molecule has 5 heterocycles. The van der Waals surface area contributed by atoms with Crippen LogP contribution in [0.25, 0.3) is 0 Å². The van der Waals surface area contributed by atoms with E-state index in [4.69, 9.17) is 4.74 Å². The highest BCUT2D eigenvalue weighted by Crippen LogP contribution is 2.29. The molecule has 0 radical (unpaired) electrons. The maximum Gasteiger partial charge on any atom is 0.320 e. The summed E-state index contributed by atoms with van der Waals surface area (Å²) >= 11 is 0. The quantitative estimate of drug-likeness (QED) is 0.659. The molecule has 35 heavy (non-hydrogen) atoms. The molecule has 6 rings (SSSR count). The molecule has 2 amide bonds. The van der Waals surface area contributed by atoms with Crippen molar-refractivity contribution in [2.75, 3.05) is 50.7 Å². The average Bonchev–Trinajstić information content (AvgIpc) is 3.39. The molecule has 3 fully saturated rings. The Labute approximate surface area is 207 Å². The fraction of sp³-hybridized carbons (Fsp3) is 0.556. The molecule has 0 spiro atoms. The number of β-amino-alcohol motifs (C(OH)–C–C–N with tert-alkyl or cyclic N) is 1. The smallest absolute Gasteiger partial charge is 0.320 e. The molecule has 1 aromatic heterocycles. The minimum absolute atomic E-state index is 0.00173. The first kappa shape index (κ1) is 22.8. The van der Waals surface area contributed by atoms with E-state index < -0.39 is 6.10 Å². The van der Waals surface area contributed by atoms with Crippen molar-refractivity contribution in [3.8, 4) is 0 Å². The molecule has 2 bridgehead atoms. The summed E-state index contributed by atoms with van der Waals surface area (Å²) in [6.07, 6.45) is 5.33. The number of urea groups is 1. The van der Waals surface area contributed by atoms with Crippen molar-refractivity contribution in [1.82, 2.24) is 19.7 Å². The second kappa shape index (κ2) is 9.76. The van der Waals surface area contributed by atoms with Gasteiger partial charge in [0.25, 0.3) is 0 Å². The highest BCUT2D eigenvalue weighted by molar-refractivity contribution is 5.76. The number of aromatic nitrogens is 1. The maximum atomic E-state index is 13.0. The van der Waals surface area contributed by atoms with Crippen molar-refractivity contribution < 1.29 is 14.6 Å². The van der Waals surface area contributed by atoms with Gasteiger partial charge < -0.3 is 24.5 Å². The number of carbonyl (C=O) groups is 1. The Bertz CT molecular complexity index is 1040. The first-order valence-electron chi connectivity index (χ1n) is 13.0. The van der Waals surface area contributed by atoms with Crippen LogP contribution < -0.4 is 4.90 Å². The van der Waals surface area contributed by atoms with Gasteiger partial charge in [0.05, 0.1) is 18.3 Å². The number of nitrogens with zero attached hydrogens (tertiary/aromatic N) is 5. The van der Waals surface area contributed by atoms with E-state index >= 15 is 0 Å². The van der Waals surface area contributed by atoms with Crippen molar-refractivity contribution in [2.24, 2.45) is 0 Å². The van der Waals surface area contributed by atoms with E-state index in [2.05, 4.69) is 51.2 Å². The fourth-order valence-corrected chi connectivity index (χ4v) is 5.99. The van der Waals surface area contributed by atoms with Crippen molar-refractivity contribution >= 4 is 11.8 Å². The number of amides is 2. The van der Waals surface area contributed by atoms with E-state index in [1.807, 2.05) is 11.1 Å². The minimum Gasteiger partial charge on any atom is -0.390 e.